The van der Waals surface area contributed by atoms with Gasteiger partial charge in [0.15, 0.2) is 5.88 Å². The van der Waals surface area contributed by atoms with Crippen LogP contribution < -0.4 is 24.6 Å². The molecule has 2 fully saturated rings. The van der Waals surface area contributed by atoms with Gasteiger partial charge in [0.2, 0.25) is 0 Å². The van der Waals surface area contributed by atoms with Gasteiger partial charge in [0, 0.05) is 25.2 Å². The lowest BCUT2D eigenvalue weighted by Gasteiger charge is -2.27. The normalized spacial score (nSPS) is 18.4. The van der Waals surface area contributed by atoms with Crippen molar-refractivity contribution in [2.45, 2.75) is 0 Å². The van der Waals surface area contributed by atoms with Gasteiger partial charge in [-0.2, -0.15) is 0 Å². The number of nitrogens with zero attached hydrogens (tertiary/aromatic N) is 2. The van der Waals surface area contributed by atoms with E-state index in [1.807, 2.05) is 4.90 Å². The van der Waals surface area contributed by atoms with Gasteiger partial charge >= 0.3 is 6.03 Å². The van der Waals surface area contributed by atoms with Crippen LogP contribution in [0.2, 0.25) is 0 Å². The van der Waals surface area contributed by atoms with E-state index in [0.717, 1.165) is 4.90 Å². The second-order valence-electron chi connectivity index (χ2n) is 6.77. The van der Waals surface area contributed by atoms with E-state index >= 15 is 0 Å². The molecule has 0 unspecified atom stereocenters. The Balaban J connectivity index is 1.65. The van der Waals surface area contributed by atoms with Crippen molar-refractivity contribution >= 4 is 35.5 Å². The molecular formula is C21H21N3O7. The first kappa shape index (κ1) is 20.5. The molecule has 4 rings (SSSR count). The van der Waals surface area contributed by atoms with Crippen molar-refractivity contribution in [3.8, 4) is 11.5 Å². The van der Waals surface area contributed by atoms with Crippen molar-refractivity contribution in [2.75, 3.05) is 50.3 Å². The summed E-state index contributed by atoms with van der Waals surface area (Å²) in [7, 11) is 2.89. The first-order valence-electron chi connectivity index (χ1n) is 9.58. The van der Waals surface area contributed by atoms with Crippen LogP contribution in [-0.2, 0) is 14.3 Å². The lowest BCUT2D eigenvalue weighted by Crippen LogP contribution is -2.54. The van der Waals surface area contributed by atoms with Crippen LogP contribution in [0.15, 0.2) is 40.3 Å². The zero-order valence-electron chi connectivity index (χ0n) is 17.0. The van der Waals surface area contributed by atoms with Crippen molar-refractivity contribution in [2.24, 2.45) is 0 Å². The summed E-state index contributed by atoms with van der Waals surface area (Å²) in [6.07, 6.45) is 1.32. The minimum absolute atomic E-state index is 0.178. The summed E-state index contributed by atoms with van der Waals surface area (Å²) in [5, 5.41) is 2.18. The number of anilines is 2. The number of benzene rings is 1. The molecule has 10 heteroatoms. The summed E-state index contributed by atoms with van der Waals surface area (Å²) in [5.74, 6) is 0.0665. The van der Waals surface area contributed by atoms with Crippen LogP contribution in [0.4, 0.5) is 16.4 Å². The average molecular weight is 427 g/mol. The average Bonchev–Trinajstić information content (AvgIpc) is 3.26. The second kappa shape index (κ2) is 8.52. The largest absolute Gasteiger partial charge is 0.497 e. The highest BCUT2D eigenvalue weighted by Crippen LogP contribution is 2.34. The number of hydrogen-bond donors (Lipinski definition) is 1. The maximum Gasteiger partial charge on any atom is 0.336 e. The lowest BCUT2D eigenvalue weighted by molar-refractivity contribution is -0.122. The van der Waals surface area contributed by atoms with Crippen LogP contribution in [0.5, 0.6) is 11.5 Å². The minimum atomic E-state index is -0.871. The number of morpholine rings is 1. The van der Waals surface area contributed by atoms with E-state index in [1.54, 1.807) is 18.2 Å². The third-order valence-corrected chi connectivity index (χ3v) is 4.95. The summed E-state index contributed by atoms with van der Waals surface area (Å²) in [5.41, 5.74) is -0.0574. The van der Waals surface area contributed by atoms with Gasteiger partial charge in [0.1, 0.15) is 22.8 Å². The first-order valence-corrected chi connectivity index (χ1v) is 9.58. The van der Waals surface area contributed by atoms with Crippen LogP contribution in [0.1, 0.15) is 5.76 Å². The van der Waals surface area contributed by atoms with E-state index in [2.05, 4.69) is 5.32 Å². The van der Waals surface area contributed by atoms with Gasteiger partial charge in [0.25, 0.3) is 11.8 Å². The number of hydrogen-bond acceptors (Lipinski definition) is 8. The molecule has 0 atom stereocenters. The summed E-state index contributed by atoms with van der Waals surface area (Å²) in [6.45, 7) is 2.56. The van der Waals surface area contributed by atoms with Gasteiger partial charge < -0.3 is 23.5 Å². The highest BCUT2D eigenvalue weighted by Gasteiger charge is 2.38. The molecule has 2 aliphatic rings. The van der Waals surface area contributed by atoms with E-state index in [4.69, 9.17) is 18.6 Å². The fourth-order valence-electron chi connectivity index (χ4n) is 3.36. The number of ether oxygens (including phenoxy) is 3. The maximum absolute atomic E-state index is 13.1. The Morgan fingerprint density at radius 3 is 2.52 bits per heavy atom. The Kier molecular flexibility index (Phi) is 5.63. The van der Waals surface area contributed by atoms with Gasteiger partial charge in [0.05, 0.1) is 33.1 Å². The molecule has 0 radical (unpaired) electrons. The Bertz CT molecular complexity index is 1050. The SMILES string of the molecule is COc1ccc(N2C(=O)NC(=O)/C(=C\c3ccc(N4CCOCC4)o3)C2=O)c(OC)c1. The molecule has 31 heavy (non-hydrogen) atoms. The minimum Gasteiger partial charge on any atom is -0.497 e. The number of barbiturate groups is 1. The predicted molar refractivity (Wildman–Crippen MR) is 110 cm³/mol. The van der Waals surface area contributed by atoms with Gasteiger partial charge in [-0.25, -0.2) is 9.69 Å². The van der Waals surface area contributed by atoms with Gasteiger partial charge in [-0.3, -0.25) is 14.9 Å². The summed E-state index contributed by atoms with van der Waals surface area (Å²) in [4.78, 5) is 40.8. The molecule has 162 valence electrons. The number of rotatable bonds is 5. The fraction of sp³-hybridized carbons (Fsp3) is 0.286. The summed E-state index contributed by atoms with van der Waals surface area (Å²) < 4.78 is 21.6. The number of methoxy groups -OCH3 is 2. The zero-order valence-corrected chi connectivity index (χ0v) is 17.0. The molecule has 2 aliphatic heterocycles. The van der Waals surface area contributed by atoms with E-state index in [1.165, 1.54) is 32.4 Å². The molecule has 0 saturated carbocycles. The van der Waals surface area contributed by atoms with Crippen molar-refractivity contribution in [1.29, 1.82) is 0 Å². The number of imide groups is 2. The van der Waals surface area contributed by atoms with Crippen molar-refractivity contribution < 1.29 is 33.0 Å². The Morgan fingerprint density at radius 2 is 1.81 bits per heavy atom. The van der Waals surface area contributed by atoms with E-state index in [0.29, 0.717) is 43.7 Å². The molecule has 0 aliphatic carbocycles. The highest BCUT2D eigenvalue weighted by molar-refractivity contribution is 6.39. The monoisotopic (exact) mass is 427 g/mol. The van der Waals surface area contributed by atoms with E-state index < -0.39 is 17.8 Å². The number of amides is 4. The molecule has 0 spiro atoms. The quantitative estimate of drug-likeness (QED) is 0.568. The zero-order chi connectivity index (χ0) is 22.0. The Labute approximate surface area is 177 Å². The van der Waals surface area contributed by atoms with Gasteiger partial charge in [-0.15, -0.1) is 0 Å². The van der Waals surface area contributed by atoms with E-state index in [-0.39, 0.29) is 17.0 Å². The van der Waals surface area contributed by atoms with Crippen molar-refractivity contribution in [1.82, 2.24) is 5.32 Å². The highest BCUT2D eigenvalue weighted by atomic mass is 16.5. The molecule has 10 nitrogen and oxygen atoms in total. The maximum atomic E-state index is 13.1. The van der Waals surface area contributed by atoms with Gasteiger partial charge in [-0.1, -0.05) is 0 Å². The topological polar surface area (TPSA) is 111 Å². The fourth-order valence-corrected chi connectivity index (χ4v) is 3.36. The van der Waals surface area contributed by atoms with Crippen LogP contribution in [-0.4, -0.2) is 58.4 Å². The van der Waals surface area contributed by atoms with Crippen LogP contribution in [0.3, 0.4) is 0 Å². The summed E-state index contributed by atoms with van der Waals surface area (Å²) in [6, 6.07) is 7.18. The number of nitrogens with one attached hydrogen (secondary N) is 1. The number of carbonyl (C=O) groups excluding carboxylic acids is 3. The second-order valence-corrected chi connectivity index (χ2v) is 6.77. The molecule has 1 N–H and O–H groups in total. The Morgan fingerprint density at radius 1 is 1.03 bits per heavy atom. The molecule has 2 saturated heterocycles. The molecule has 3 heterocycles. The predicted octanol–water partition coefficient (Wildman–Crippen LogP) is 1.80. The van der Waals surface area contributed by atoms with Gasteiger partial charge in [-0.05, 0) is 24.3 Å². The first-order chi connectivity index (χ1) is 15.0. The molecule has 1 aromatic carbocycles. The number of furan rings is 1. The van der Waals surface area contributed by atoms with Crippen molar-refractivity contribution in [3.63, 3.8) is 0 Å². The van der Waals surface area contributed by atoms with Crippen LogP contribution in [0.25, 0.3) is 6.08 Å². The third-order valence-electron chi connectivity index (χ3n) is 4.95. The van der Waals surface area contributed by atoms with Crippen LogP contribution in [0, 0.1) is 0 Å². The molecule has 4 amide bonds. The molecule has 2 aromatic rings. The summed E-state index contributed by atoms with van der Waals surface area (Å²) >= 11 is 0. The molecular weight excluding hydrogens is 406 g/mol. The van der Waals surface area contributed by atoms with E-state index in [9.17, 15) is 14.4 Å². The third kappa shape index (κ3) is 3.97. The Hall–Kier alpha value is -3.79. The number of urea groups is 1. The standard InChI is InChI=1S/C21H21N3O7/c1-28-13-3-5-16(17(12-13)29-2)24-20(26)15(19(25)22-21(24)27)11-14-4-6-18(31-14)23-7-9-30-10-8-23/h3-6,11-12H,7-10H2,1-2H3,(H,22,25,27)/b15-11+. The lowest BCUT2D eigenvalue weighted by atomic mass is 10.1. The smallest absolute Gasteiger partial charge is 0.336 e. The molecule has 0 bridgehead atoms. The van der Waals surface area contributed by atoms with Crippen molar-refractivity contribution in [3.05, 3.63) is 41.7 Å². The number of carbonyl (C=O) groups is 3. The molecule has 1 aromatic heterocycles. The van der Waals surface area contributed by atoms with Crippen LogP contribution >= 0.6 is 0 Å².